The van der Waals surface area contributed by atoms with Crippen LogP contribution in [0.2, 0.25) is 0 Å². The number of amides is 2. The van der Waals surface area contributed by atoms with Gasteiger partial charge in [-0.05, 0) is 5.56 Å². The van der Waals surface area contributed by atoms with Gasteiger partial charge in [-0.15, -0.1) is 0 Å². The van der Waals surface area contributed by atoms with Gasteiger partial charge >= 0.3 is 6.09 Å². The smallest absolute Gasteiger partial charge is 0.416 e. The molecule has 1 fully saturated rings. The second kappa shape index (κ2) is 4.99. The van der Waals surface area contributed by atoms with Crippen LogP contribution in [-0.4, -0.2) is 29.5 Å². The molecule has 1 aromatic carbocycles. The molecule has 1 atom stereocenters. The van der Waals surface area contributed by atoms with Crippen LogP contribution in [0.25, 0.3) is 0 Å². The van der Waals surface area contributed by atoms with Gasteiger partial charge in [0.1, 0.15) is 6.10 Å². The molecule has 0 aliphatic carbocycles. The molecule has 1 aromatic rings. The average Bonchev–Trinajstić information content (AvgIpc) is 2.70. The van der Waals surface area contributed by atoms with E-state index in [1.807, 2.05) is 30.3 Å². The van der Waals surface area contributed by atoms with E-state index in [4.69, 9.17) is 4.74 Å². The fourth-order valence-electron chi connectivity index (χ4n) is 1.90. The van der Waals surface area contributed by atoms with Gasteiger partial charge in [0.25, 0.3) is 0 Å². The van der Waals surface area contributed by atoms with Crippen molar-refractivity contribution in [3.8, 4) is 0 Å². The molecule has 1 aliphatic heterocycles. The lowest BCUT2D eigenvalue weighted by Gasteiger charge is -2.09. The van der Waals surface area contributed by atoms with Gasteiger partial charge in [-0.3, -0.25) is 4.79 Å². The minimum absolute atomic E-state index is 0.175. The van der Waals surface area contributed by atoms with Gasteiger partial charge in [0.2, 0.25) is 5.91 Å². The molecule has 4 nitrogen and oxygen atoms in total. The number of benzene rings is 1. The highest BCUT2D eigenvalue weighted by atomic mass is 16.6. The third-order valence-corrected chi connectivity index (χ3v) is 2.78. The van der Waals surface area contributed by atoms with Gasteiger partial charge < -0.3 is 4.74 Å². The number of cyclic esters (lactones) is 1. The maximum absolute atomic E-state index is 11.5. The Kier molecular flexibility index (Phi) is 3.42. The van der Waals surface area contributed by atoms with Gasteiger partial charge in [0.05, 0.1) is 6.54 Å². The molecule has 1 saturated heterocycles. The summed E-state index contributed by atoms with van der Waals surface area (Å²) in [6.45, 7) is 2.10. The molecule has 2 amide bonds. The summed E-state index contributed by atoms with van der Waals surface area (Å²) in [6.07, 6.45) is 0.242. The topological polar surface area (TPSA) is 46.6 Å². The summed E-state index contributed by atoms with van der Waals surface area (Å²) >= 11 is 0. The van der Waals surface area contributed by atoms with E-state index in [1.54, 1.807) is 6.92 Å². The molecule has 1 aliphatic rings. The number of carbonyl (C=O) groups excluding carboxylic acids is 2. The molecule has 4 heteroatoms. The zero-order chi connectivity index (χ0) is 12.3. The minimum atomic E-state index is -0.516. The number of carbonyl (C=O) groups is 2. The Hall–Kier alpha value is -1.84. The molecular formula is C13H15NO3. The fourth-order valence-corrected chi connectivity index (χ4v) is 1.90. The molecule has 0 bridgehead atoms. The Bertz CT molecular complexity index is 416. The second-order valence-electron chi connectivity index (χ2n) is 4.05. The summed E-state index contributed by atoms with van der Waals surface area (Å²) in [5.41, 5.74) is 1.11. The summed E-state index contributed by atoms with van der Waals surface area (Å²) in [4.78, 5) is 24.1. The quantitative estimate of drug-likeness (QED) is 0.802. The van der Waals surface area contributed by atoms with E-state index in [0.29, 0.717) is 19.4 Å². The first-order chi connectivity index (χ1) is 8.20. The molecule has 0 N–H and O–H groups in total. The molecule has 0 saturated carbocycles. The molecule has 90 valence electrons. The Morgan fingerprint density at radius 3 is 2.76 bits per heavy atom. The number of rotatable bonds is 3. The van der Waals surface area contributed by atoms with E-state index in [0.717, 1.165) is 5.56 Å². The summed E-state index contributed by atoms with van der Waals surface area (Å²) in [7, 11) is 0. The number of nitrogens with zero attached hydrogens (tertiary/aromatic N) is 1. The minimum Gasteiger partial charge on any atom is -0.444 e. The van der Waals surface area contributed by atoms with Crippen LogP contribution in [0.1, 0.15) is 18.9 Å². The van der Waals surface area contributed by atoms with E-state index in [9.17, 15) is 9.59 Å². The van der Waals surface area contributed by atoms with E-state index >= 15 is 0 Å². The molecule has 0 spiro atoms. The van der Waals surface area contributed by atoms with Crippen molar-refractivity contribution in [2.75, 3.05) is 6.54 Å². The fraction of sp³-hybridized carbons (Fsp3) is 0.385. The lowest BCUT2D eigenvalue weighted by Crippen LogP contribution is -2.31. The van der Waals surface area contributed by atoms with Crippen molar-refractivity contribution in [1.29, 1.82) is 0 Å². The Balaban J connectivity index is 1.98. The first-order valence-electron chi connectivity index (χ1n) is 5.75. The lowest BCUT2D eigenvalue weighted by molar-refractivity contribution is -0.127. The van der Waals surface area contributed by atoms with Crippen molar-refractivity contribution < 1.29 is 14.3 Å². The third-order valence-electron chi connectivity index (χ3n) is 2.78. The highest BCUT2D eigenvalue weighted by Crippen LogP contribution is 2.16. The van der Waals surface area contributed by atoms with Crippen molar-refractivity contribution in [1.82, 2.24) is 4.90 Å². The Morgan fingerprint density at radius 1 is 1.41 bits per heavy atom. The van der Waals surface area contributed by atoms with E-state index < -0.39 is 6.09 Å². The van der Waals surface area contributed by atoms with Crippen molar-refractivity contribution in [3.63, 3.8) is 0 Å². The van der Waals surface area contributed by atoms with Gasteiger partial charge in [-0.1, -0.05) is 37.3 Å². The van der Waals surface area contributed by atoms with Gasteiger partial charge in [0.15, 0.2) is 0 Å². The monoisotopic (exact) mass is 233 g/mol. The summed E-state index contributed by atoms with van der Waals surface area (Å²) in [5.74, 6) is -0.175. The normalized spacial score (nSPS) is 19.2. The van der Waals surface area contributed by atoms with E-state index in [1.165, 1.54) is 4.90 Å². The Morgan fingerprint density at radius 2 is 2.12 bits per heavy atom. The maximum atomic E-state index is 11.5. The average molecular weight is 233 g/mol. The van der Waals surface area contributed by atoms with Crippen LogP contribution in [-0.2, 0) is 16.0 Å². The van der Waals surface area contributed by atoms with Crippen molar-refractivity contribution in [2.24, 2.45) is 0 Å². The number of hydrogen-bond donors (Lipinski definition) is 0. The summed E-state index contributed by atoms with van der Waals surface area (Å²) in [6, 6.07) is 9.80. The van der Waals surface area contributed by atoms with E-state index in [-0.39, 0.29) is 12.0 Å². The van der Waals surface area contributed by atoms with Crippen LogP contribution in [0, 0.1) is 0 Å². The summed E-state index contributed by atoms with van der Waals surface area (Å²) < 4.78 is 5.17. The zero-order valence-corrected chi connectivity index (χ0v) is 9.76. The van der Waals surface area contributed by atoms with Crippen molar-refractivity contribution in [3.05, 3.63) is 35.9 Å². The second-order valence-corrected chi connectivity index (χ2v) is 4.05. The highest BCUT2D eigenvalue weighted by Gasteiger charge is 2.34. The molecule has 17 heavy (non-hydrogen) atoms. The lowest BCUT2D eigenvalue weighted by atomic mass is 10.1. The molecule has 1 heterocycles. The first-order valence-corrected chi connectivity index (χ1v) is 5.75. The van der Waals surface area contributed by atoms with Crippen molar-refractivity contribution >= 4 is 12.0 Å². The molecule has 0 aromatic heterocycles. The summed E-state index contributed by atoms with van der Waals surface area (Å²) in [5, 5.41) is 0. The van der Waals surface area contributed by atoms with Gasteiger partial charge in [-0.2, -0.15) is 0 Å². The molecule has 0 radical (unpaired) electrons. The number of hydrogen-bond acceptors (Lipinski definition) is 3. The largest absolute Gasteiger partial charge is 0.444 e. The predicted octanol–water partition coefficient (Wildman–Crippen LogP) is 1.99. The SMILES string of the molecule is CCC(=O)N1CC(Cc2ccccc2)OC1=O. The van der Waals surface area contributed by atoms with Crippen molar-refractivity contribution in [2.45, 2.75) is 25.9 Å². The number of ether oxygens (including phenoxy) is 1. The van der Waals surface area contributed by atoms with Crippen LogP contribution in [0.4, 0.5) is 4.79 Å². The molecule has 1 unspecified atom stereocenters. The number of imide groups is 1. The Labute approximate surface area is 100 Å². The first kappa shape index (κ1) is 11.6. The predicted molar refractivity (Wildman–Crippen MR) is 62.4 cm³/mol. The molecular weight excluding hydrogens is 218 g/mol. The van der Waals surface area contributed by atoms with Crippen LogP contribution in [0.3, 0.4) is 0 Å². The van der Waals surface area contributed by atoms with Crippen LogP contribution in [0.5, 0.6) is 0 Å². The van der Waals surface area contributed by atoms with Crippen LogP contribution >= 0.6 is 0 Å². The third kappa shape index (κ3) is 2.64. The van der Waals surface area contributed by atoms with Crippen LogP contribution < -0.4 is 0 Å². The maximum Gasteiger partial charge on any atom is 0.416 e. The molecule has 2 rings (SSSR count). The standard InChI is InChI=1S/C13H15NO3/c1-2-12(15)14-9-11(17-13(14)16)8-10-6-4-3-5-7-10/h3-7,11H,2,8-9H2,1H3. The highest BCUT2D eigenvalue weighted by molar-refractivity contribution is 5.93. The zero-order valence-electron chi connectivity index (χ0n) is 9.76. The van der Waals surface area contributed by atoms with Gasteiger partial charge in [-0.25, -0.2) is 9.69 Å². The van der Waals surface area contributed by atoms with Gasteiger partial charge in [0, 0.05) is 12.8 Å². The van der Waals surface area contributed by atoms with E-state index in [2.05, 4.69) is 0 Å². The van der Waals surface area contributed by atoms with Crippen LogP contribution in [0.15, 0.2) is 30.3 Å².